The zero-order valence-electron chi connectivity index (χ0n) is 11.3. The quantitative estimate of drug-likeness (QED) is 0.449. The molecule has 0 unspecified atom stereocenters. The van der Waals surface area contributed by atoms with Crippen LogP contribution in [0, 0.1) is 16.7 Å². The van der Waals surface area contributed by atoms with Crippen molar-refractivity contribution in [2.24, 2.45) is 10.8 Å². The Hall–Kier alpha value is -2.76. The van der Waals surface area contributed by atoms with Crippen molar-refractivity contribution in [1.29, 1.82) is 10.7 Å². The van der Waals surface area contributed by atoms with Crippen LogP contribution < -0.4 is 16.1 Å². The Balaban J connectivity index is 3.25. The van der Waals surface area contributed by atoms with Gasteiger partial charge in [0.05, 0.1) is 16.9 Å². The van der Waals surface area contributed by atoms with Crippen molar-refractivity contribution < 1.29 is 13.2 Å². The Bertz CT molecular complexity index is 612. The number of hydrogen-bond acceptors (Lipinski definition) is 5. The number of nitrogens with zero attached hydrogens (tertiary/aromatic N) is 3. The Labute approximate surface area is 119 Å². The van der Waals surface area contributed by atoms with Crippen molar-refractivity contribution in [3.63, 3.8) is 0 Å². The average molecular weight is 298 g/mol. The minimum atomic E-state index is -4.50. The summed E-state index contributed by atoms with van der Waals surface area (Å²) in [4.78, 5) is 1.58. The van der Waals surface area contributed by atoms with Crippen molar-refractivity contribution in [2.45, 2.75) is 6.18 Å². The fraction of sp³-hybridized carbons (Fsp3) is 0.250. The minimum Gasteiger partial charge on any atom is -0.382 e. The van der Waals surface area contributed by atoms with Crippen LogP contribution in [0.4, 0.5) is 24.5 Å². The summed E-state index contributed by atoms with van der Waals surface area (Å²) >= 11 is 0. The van der Waals surface area contributed by atoms with E-state index in [1.807, 2.05) is 0 Å². The maximum absolute atomic E-state index is 12.7. The van der Waals surface area contributed by atoms with Gasteiger partial charge in [-0.15, -0.1) is 0 Å². The molecule has 0 fully saturated rings. The van der Waals surface area contributed by atoms with Crippen LogP contribution in [0.2, 0.25) is 0 Å². The number of nitrogens with one attached hydrogen (secondary N) is 2. The van der Waals surface area contributed by atoms with Gasteiger partial charge in [-0.05, 0) is 18.2 Å². The van der Waals surface area contributed by atoms with Gasteiger partial charge in [0.15, 0.2) is 5.84 Å². The fourth-order valence-electron chi connectivity index (χ4n) is 1.45. The van der Waals surface area contributed by atoms with Gasteiger partial charge in [0.25, 0.3) is 0 Å². The van der Waals surface area contributed by atoms with E-state index in [9.17, 15) is 13.2 Å². The highest BCUT2D eigenvalue weighted by molar-refractivity contribution is 6.45. The summed E-state index contributed by atoms with van der Waals surface area (Å²) in [5.41, 5.74) is 6.66. The molecule has 0 bridgehead atoms. The highest BCUT2D eigenvalue weighted by Crippen LogP contribution is 2.34. The van der Waals surface area contributed by atoms with Crippen LogP contribution in [-0.4, -0.2) is 25.6 Å². The van der Waals surface area contributed by atoms with E-state index in [-0.39, 0.29) is 5.69 Å². The van der Waals surface area contributed by atoms with Gasteiger partial charge in [-0.1, -0.05) is 0 Å². The van der Waals surface area contributed by atoms with E-state index in [0.717, 1.165) is 12.1 Å². The van der Waals surface area contributed by atoms with Crippen LogP contribution in [0.1, 0.15) is 5.56 Å². The number of hydrogen-bond donors (Lipinski definition) is 3. The molecule has 0 atom stereocenters. The SMILES string of the molecule is CN(C)c1ccc(C(F)(F)F)cc1N/N=C(\C#N)C(=N)N. The number of nitriles is 1. The standard InChI is InChI=1S/C12H13F3N6/c1-21(2)10-4-3-7(12(13,14)15)5-8(10)19-20-9(6-16)11(17)18/h3-5,19H,1-2H3,(H3,17,18)/b20-9+. The van der Waals surface area contributed by atoms with E-state index in [1.165, 1.54) is 6.07 Å². The lowest BCUT2D eigenvalue weighted by Crippen LogP contribution is -2.22. The third kappa shape index (κ3) is 4.10. The van der Waals surface area contributed by atoms with Gasteiger partial charge >= 0.3 is 6.18 Å². The molecule has 0 radical (unpaired) electrons. The van der Waals surface area contributed by atoms with Gasteiger partial charge in [-0.2, -0.15) is 23.5 Å². The van der Waals surface area contributed by atoms with E-state index in [2.05, 4.69) is 10.5 Å². The molecule has 21 heavy (non-hydrogen) atoms. The van der Waals surface area contributed by atoms with Crippen LogP contribution in [0.25, 0.3) is 0 Å². The van der Waals surface area contributed by atoms with Gasteiger partial charge in [-0.25, -0.2) is 0 Å². The topological polar surface area (TPSA) is 101 Å². The van der Waals surface area contributed by atoms with E-state index in [4.69, 9.17) is 16.4 Å². The average Bonchev–Trinajstić information content (AvgIpc) is 2.37. The van der Waals surface area contributed by atoms with Gasteiger partial charge in [0, 0.05) is 14.1 Å². The summed E-state index contributed by atoms with van der Waals surface area (Å²) in [7, 11) is 3.29. The number of benzene rings is 1. The summed E-state index contributed by atoms with van der Waals surface area (Å²) in [6.45, 7) is 0. The van der Waals surface area contributed by atoms with Crippen LogP contribution in [0.5, 0.6) is 0 Å². The monoisotopic (exact) mass is 298 g/mol. The molecular formula is C12H13F3N6. The Morgan fingerprint density at radius 2 is 2.05 bits per heavy atom. The van der Waals surface area contributed by atoms with E-state index in [1.54, 1.807) is 25.1 Å². The molecule has 1 rings (SSSR count). The molecule has 0 aliphatic rings. The first-order chi connectivity index (χ1) is 9.66. The maximum atomic E-state index is 12.7. The van der Waals surface area contributed by atoms with Crippen molar-refractivity contribution >= 4 is 22.9 Å². The summed E-state index contributed by atoms with van der Waals surface area (Å²) < 4.78 is 38.1. The molecule has 1 aromatic rings. The first-order valence-corrected chi connectivity index (χ1v) is 5.63. The summed E-state index contributed by atoms with van der Waals surface area (Å²) in [6.07, 6.45) is -4.50. The Kier molecular flexibility index (Phi) is 4.75. The van der Waals surface area contributed by atoms with Gasteiger partial charge in [-0.3, -0.25) is 10.8 Å². The molecule has 0 amide bonds. The number of anilines is 2. The number of hydrazone groups is 1. The molecule has 112 valence electrons. The maximum Gasteiger partial charge on any atom is 0.416 e. The zero-order chi connectivity index (χ0) is 16.2. The minimum absolute atomic E-state index is 0.0452. The second-order valence-electron chi connectivity index (χ2n) is 4.22. The fourth-order valence-corrected chi connectivity index (χ4v) is 1.45. The molecule has 0 spiro atoms. The van der Waals surface area contributed by atoms with Crippen LogP contribution in [-0.2, 0) is 6.18 Å². The van der Waals surface area contributed by atoms with Crippen molar-refractivity contribution in [3.05, 3.63) is 23.8 Å². The molecule has 0 aliphatic carbocycles. The second-order valence-corrected chi connectivity index (χ2v) is 4.22. The molecular weight excluding hydrogens is 285 g/mol. The molecule has 0 heterocycles. The third-order valence-electron chi connectivity index (χ3n) is 2.45. The summed E-state index contributed by atoms with van der Waals surface area (Å²) in [5, 5.41) is 19.3. The molecule has 0 aromatic heterocycles. The van der Waals surface area contributed by atoms with Crippen molar-refractivity contribution in [1.82, 2.24) is 0 Å². The molecule has 0 saturated carbocycles. The van der Waals surface area contributed by atoms with E-state index in [0.29, 0.717) is 5.69 Å². The van der Waals surface area contributed by atoms with Crippen LogP contribution in [0.3, 0.4) is 0 Å². The van der Waals surface area contributed by atoms with Crippen molar-refractivity contribution in [3.8, 4) is 6.07 Å². The van der Waals surface area contributed by atoms with E-state index >= 15 is 0 Å². The van der Waals surface area contributed by atoms with Gasteiger partial charge in [0.1, 0.15) is 6.07 Å². The van der Waals surface area contributed by atoms with Crippen LogP contribution >= 0.6 is 0 Å². The third-order valence-corrected chi connectivity index (χ3v) is 2.45. The highest BCUT2D eigenvalue weighted by Gasteiger charge is 2.31. The predicted octanol–water partition coefficient (Wildman–Crippen LogP) is 2.00. The molecule has 6 nitrogen and oxygen atoms in total. The lowest BCUT2D eigenvalue weighted by molar-refractivity contribution is -0.137. The molecule has 4 N–H and O–H groups in total. The predicted molar refractivity (Wildman–Crippen MR) is 74.4 cm³/mol. The number of amidine groups is 1. The Morgan fingerprint density at radius 3 is 2.48 bits per heavy atom. The second kappa shape index (κ2) is 6.13. The van der Waals surface area contributed by atoms with E-state index < -0.39 is 23.3 Å². The molecule has 1 aromatic carbocycles. The number of halogens is 3. The lowest BCUT2D eigenvalue weighted by atomic mass is 10.1. The molecule has 0 saturated heterocycles. The highest BCUT2D eigenvalue weighted by atomic mass is 19.4. The number of nitrogens with two attached hydrogens (primary N) is 1. The first kappa shape index (κ1) is 16.3. The van der Waals surface area contributed by atoms with Gasteiger partial charge in [0.2, 0.25) is 5.71 Å². The number of rotatable bonds is 4. The zero-order valence-corrected chi connectivity index (χ0v) is 11.3. The van der Waals surface area contributed by atoms with Crippen molar-refractivity contribution in [2.75, 3.05) is 24.4 Å². The Morgan fingerprint density at radius 1 is 1.43 bits per heavy atom. The summed E-state index contributed by atoms with van der Waals surface area (Å²) in [5.74, 6) is -0.580. The molecule has 9 heteroatoms. The number of alkyl halides is 3. The normalized spacial score (nSPS) is 11.7. The largest absolute Gasteiger partial charge is 0.416 e. The van der Waals surface area contributed by atoms with Gasteiger partial charge < -0.3 is 10.6 Å². The van der Waals surface area contributed by atoms with Crippen LogP contribution in [0.15, 0.2) is 23.3 Å². The summed E-state index contributed by atoms with van der Waals surface area (Å²) in [6, 6.07) is 4.66. The lowest BCUT2D eigenvalue weighted by Gasteiger charge is -2.18. The smallest absolute Gasteiger partial charge is 0.382 e. The molecule has 0 aliphatic heterocycles. The first-order valence-electron chi connectivity index (χ1n) is 5.63.